The smallest absolute Gasteiger partial charge is 0.244 e. The van der Waals surface area contributed by atoms with Gasteiger partial charge in [0.05, 0.1) is 9.77 Å². The molecule has 3 heterocycles. The highest BCUT2D eigenvalue weighted by Crippen LogP contribution is 2.35. The van der Waals surface area contributed by atoms with Gasteiger partial charge in [0.15, 0.2) is 0 Å². The fraction of sp³-hybridized carbons (Fsp3) is 0.381. The lowest BCUT2D eigenvalue weighted by Gasteiger charge is -2.30. The largest absolute Gasteiger partial charge is 0.339 e. The molecule has 32 heavy (non-hydrogen) atoms. The zero-order valence-electron chi connectivity index (χ0n) is 17.7. The third-order valence-corrected chi connectivity index (χ3v) is 8.60. The van der Waals surface area contributed by atoms with Crippen molar-refractivity contribution in [2.24, 2.45) is 5.92 Å². The Hall–Kier alpha value is -2.63. The lowest BCUT2D eigenvalue weighted by atomic mass is 9.97. The van der Waals surface area contributed by atoms with E-state index >= 15 is 0 Å². The molecule has 1 fully saturated rings. The highest BCUT2D eigenvalue weighted by molar-refractivity contribution is 7.89. The van der Waals surface area contributed by atoms with Gasteiger partial charge in [-0.15, -0.1) is 11.3 Å². The molecule has 1 aliphatic heterocycles. The molecule has 8 nitrogen and oxygen atoms in total. The van der Waals surface area contributed by atoms with E-state index < -0.39 is 15.8 Å². The zero-order chi connectivity index (χ0) is 22.9. The Morgan fingerprint density at radius 1 is 1.31 bits per heavy atom. The second-order valence-electron chi connectivity index (χ2n) is 7.57. The summed E-state index contributed by atoms with van der Waals surface area (Å²) in [5.41, 5.74) is 0.388. The van der Waals surface area contributed by atoms with Crippen LogP contribution in [0.4, 0.5) is 10.1 Å². The minimum atomic E-state index is -3.72. The average Bonchev–Trinajstić information content (AvgIpc) is 3.40. The predicted molar refractivity (Wildman–Crippen MR) is 118 cm³/mol. The van der Waals surface area contributed by atoms with Crippen molar-refractivity contribution in [2.75, 3.05) is 18.4 Å². The molecule has 0 unspecified atom stereocenters. The molecule has 4 rings (SSSR count). The topological polar surface area (TPSA) is 105 Å². The molecule has 0 radical (unpaired) electrons. The number of carbonyl (C=O) groups is 1. The van der Waals surface area contributed by atoms with Gasteiger partial charge in [-0.1, -0.05) is 18.1 Å². The molecule has 1 aliphatic rings. The van der Waals surface area contributed by atoms with Crippen LogP contribution in [-0.4, -0.2) is 41.9 Å². The highest BCUT2D eigenvalue weighted by Gasteiger charge is 2.34. The van der Waals surface area contributed by atoms with E-state index in [1.165, 1.54) is 33.8 Å². The fourth-order valence-corrected chi connectivity index (χ4v) is 6.59. The molecule has 170 valence electrons. The Bertz CT molecular complexity index is 1230. The number of hydrogen-bond acceptors (Lipinski definition) is 7. The van der Waals surface area contributed by atoms with Crippen LogP contribution in [0.2, 0.25) is 0 Å². The van der Waals surface area contributed by atoms with Crippen molar-refractivity contribution in [1.29, 1.82) is 0 Å². The number of carbonyl (C=O) groups excluding carboxylic acids is 1. The molecule has 1 saturated heterocycles. The number of anilines is 1. The SMILES string of the molecule is CCc1nc(-c2cc(S(=O)(=O)N3CCC(C(=O)Nc4cccc(F)c4)CC3)c(C)s2)no1. The monoisotopic (exact) mass is 478 g/mol. The van der Waals surface area contributed by atoms with E-state index in [-0.39, 0.29) is 29.8 Å². The van der Waals surface area contributed by atoms with Crippen LogP contribution in [0.15, 0.2) is 39.8 Å². The van der Waals surface area contributed by atoms with Crippen LogP contribution in [-0.2, 0) is 21.2 Å². The lowest BCUT2D eigenvalue weighted by molar-refractivity contribution is -0.120. The van der Waals surface area contributed by atoms with Gasteiger partial charge < -0.3 is 9.84 Å². The van der Waals surface area contributed by atoms with E-state index in [0.29, 0.717) is 46.4 Å². The summed E-state index contributed by atoms with van der Waals surface area (Å²) >= 11 is 1.30. The van der Waals surface area contributed by atoms with Crippen molar-refractivity contribution in [1.82, 2.24) is 14.4 Å². The number of halogens is 1. The zero-order valence-corrected chi connectivity index (χ0v) is 19.3. The van der Waals surface area contributed by atoms with Gasteiger partial charge in [0.2, 0.25) is 27.6 Å². The summed E-state index contributed by atoms with van der Waals surface area (Å²) in [7, 11) is -3.72. The van der Waals surface area contributed by atoms with Crippen molar-refractivity contribution >= 4 is 33.0 Å². The van der Waals surface area contributed by atoms with E-state index in [2.05, 4.69) is 15.5 Å². The van der Waals surface area contributed by atoms with Gasteiger partial charge in [-0.2, -0.15) is 9.29 Å². The summed E-state index contributed by atoms with van der Waals surface area (Å²) in [6.07, 6.45) is 1.38. The van der Waals surface area contributed by atoms with Crippen molar-refractivity contribution < 1.29 is 22.1 Å². The van der Waals surface area contributed by atoms with Gasteiger partial charge >= 0.3 is 0 Å². The van der Waals surface area contributed by atoms with Gasteiger partial charge in [-0.3, -0.25) is 4.79 Å². The van der Waals surface area contributed by atoms with Gasteiger partial charge in [0.25, 0.3) is 0 Å². The van der Waals surface area contributed by atoms with Crippen molar-refractivity contribution in [2.45, 2.75) is 38.0 Å². The Kier molecular flexibility index (Phi) is 6.40. The van der Waals surface area contributed by atoms with Gasteiger partial charge in [0.1, 0.15) is 5.82 Å². The molecular formula is C21H23FN4O4S2. The molecule has 1 amide bonds. The Balaban J connectivity index is 1.43. The number of piperidine rings is 1. The first kappa shape index (κ1) is 22.6. The standard InChI is InChI=1S/C21H23FN4O4S2/c1-3-19-24-20(25-30-19)17-12-18(13(2)31-17)32(28,29)26-9-7-14(8-10-26)21(27)23-16-6-4-5-15(22)11-16/h4-6,11-12,14H,3,7-10H2,1-2H3,(H,23,27). The first-order valence-corrected chi connectivity index (χ1v) is 12.5. The molecule has 0 saturated carbocycles. The maximum atomic E-state index is 13.3. The predicted octanol–water partition coefficient (Wildman–Crippen LogP) is 3.85. The second-order valence-corrected chi connectivity index (χ2v) is 10.7. The number of nitrogens with zero attached hydrogens (tertiary/aromatic N) is 3. The van der Waals surface area contributed by atoms with Crippen molar-refractivity contribution in [3.05, 3.63) is 46.9 Å². The quantitative estimate of drug-likeness (QED) is 0.577. The molecule has 0 bridgehead atoms. The maximum Gasteiger partial charge on any atom is 0.244 e. The average molecular weight is 479 g/mol. The number of aromatic nitrogens is 2. The van der Waals surface area contributed by atoms with E-state index in [4.69, 9.17) is 4.52 Å². The highest BCUT2D eigenvalue weighted by atomic mass is 32.2. The summed E-state index contributed by atoms with van der Waals surface area (Å²) in [5, 5.41) is 6.63. The number of nitrogens with one attached hydrogen (secondary N) is 1. The minimum Gasteiger partial charge on any atom is -0.339 e. The number of benzene rings is 1. The molecule has 1 aromatic carbocycles. The van der Waals surface area contributed by atoms with E-state index in [9.17, 15) is 17.6 Å². The molecule has 0 spiro atoms. The van der Waals surface area contributed by atoms with Gasteiger partial charge in [-0.25, -0.2) is 12.8 Å². The summed E-state index contributed by atoms with van der Waals surface area (Å²) < 4.78 is 46.4. The summed E-state index contributed by atoms with van der Waals surface area (Å²) in [6.45, 7) is 4.11. The lowest BCUT2D eigenvalue weighted by Crippen LogP contribution is -2.41. The number of rotatable bonds is 6. The molecular weight excluding hydrogens is 455 g/mol. The second kappa shape index (κ2) is 9.08. The molecule has 1 N–H and O–H groups in total. The number of amides is 1. The summed E-state index contributed by atoms with van der Waals surface area (Å²) in [6, 6.07) is 7.28. The van der Waals surface area contributed by atoms with E-state index in [1.807, 2.05) is 6.92 Å². The van der Waals surface area contributed by atoms with Crippen LogP contribution in [0.25, 0.3) is 10.7 Å². The fourth-order valence-electron chi connectivity index (χ4n) is 3.64. The third-order valence-electron chi connectivity index (χ3n) is 5.40. The Morgan fingerprint density at radius 3 is 2.72 bits per heavy atom. The molecule has 0 aliphatic carbocycles. The van der Waals surface area contributed by atoms with Crippen LogP contribution < -0.4 is 5.32 Å². The van der Waals surface area contributed by atoms with Crippen LogP contribution in [0.1, 0.15) is 30.5 Å². The first-order chi connectivity index (χ1) is 15.3. The molecule has 2 aromatic heterocycles. The Morgan fingerprint density at radius 2 is 2.06 bits per heavy atom. The molecule has 0 atom stereocenters. The van der Waals surface area contributed by atoms with Crippen LogP contribution in [0.5, 0.6) is 0 Å². The maximum absolute atomic E-state index is 13.3. The Labute approximate surface area is 189 Å². The molecule has 3 aromatic rings. The number of sulfonamides is 1. The number of hydrogen-bond donors (Lipinski definition) is 1. The van der Waals surface area contributed by atoms with Crippen LogP contribution >= 0.6 is 11.3 Å². The molecule has 11 heteroatoms. The number of thiophene rings is 1. The van der Waals surface area contributed by atoms with Gasteiger partial charge in [0, 0.05) is 36.0 Å². The van der Waals surface area contributed by atoms with Crippen LogP contribution in [0, 0.1) is 18.7 Å². The van der Waals surface area contributed by atoms with Crippen molar-refractivity contribution in [3.8, 4) is 10.7 Å². The number of aryl methyl sites for hydroxylation is 2. The summed E-state index contributed by atoms with van der Waals surface area (Å²) in [5.74, 6) is -0.125. The van der Waals surface area contributed by atoms with E-state index in [1.54, 1.807) is 19.1 Å². The van der Waals surface area contributed by atoms with Crippen molar-refractivity contribution in [3.63, 3.8) is 0 Å². The third kappa shape index (κ3) is 4.59. The van der Waals surface area contributed by atoms with Crippen LogP contribution in [0.3, 0.4) is 0 Å². The van der Waals surface area contributed by atoms with Gasteiger partial charge in [-0.05, 0) is 44.0 Å². The normalized spacial score (nSPS) is 15.7. The minimum absolute atomic E-state index is 0.225. The summed E-state index contributed by atoms with van der Waals surface area (Å²) in [4.78, 5) is 18.3. The van der Waals surface area contributed by atoms with E-state index in [0.717, 1.165) is 0 Å². The first-order valence-electron chi connectivity index (χ1n) is 10.3.